The van der Waals surface area contributed by atoms with Crippen LogP contribution in [0.2, 0.25) is 5.02 Å². The Hall–Kier alpha value is -2.46. The standard InChI is InChI=1S/C20H22ClF3N2O4S/c1-12(2)11-25-19(27)13(3)30-15-5-7-16(8-6-15)31(28,29)26-18-10-14(20(22,23)24)4-9-17(18)21/h4-10,12-13,26H,11H2,1-3H3,(H,25,27)/t13-/m0/s1. The van der Waals surface area contributed by atoms with Crippen LogP contribution in [0.25, 0.3) is 0 Å². The number of alkyl halides is 3. The third-order valence-electron chi connectivity index (χ3n) is 4.04. The van der Waals surface area contributed by atoms with E-state index in [0.29, 0.717) is 12.6 Å². The summed E-state index contributed by atoms with van der Waals surface area (Å²) in [5, 5.41) is 2.54. The fourth-order valence-corrected chi connectivity index (χ4v) is 3.68. The number of halogens is 4. The van der Waals surface area contributed by atoms with Crippen LogP contribution in [0.4, 0.5) is 18.9 Å². The molecule has 6 nitrogen and oxygen atoms in total. The first kappa shape index (κ1) is 24.8. The van der Waals surface area contributed by atoms with E-state index in [1.807, 2.05) is 13.8 Å². The van der Waals surface area contributed by atoms with E-state index in [-0.39, 0.29) is 27.5 Å². The molecule has 0 spiro atoms. The second-order valence-electron chi connectivity index (χ2n) is 7.17. The van der Waals surface area contributed by atoms with Crippen LogP contribution < -0.4 is 14.8 Å². The van der Waals surface area contributed by atoms with Crippen molar-refractivity contribution in [2.24, 2.45) is 5.92 Å². The maximum absolute atomic E-state index is 12.9. The Kier molecular flexibility index (Phi) is 7.82. The average Bonchev–Trinajstić information content (AvgIpc) is 2.67. The van der Waals surface area contributed by atoms with Crippen molar-refractivity contribution < 1.29 is 31.1 Å². The van der Waals surface area contributed by atoms with Crippen molar-refractivity contribution in [3.05, 3.63) is 53.1 Å². The van der Waals surface area contributed by atoms with Crippen LogP contribution in [0.5, 0.6) is 5.75 Å². The molecular weight excluding hydrogens is 457 g/mol. The molecule has 0 saturated carbocycles. The number of carbonyl (C=O) groups is 1. The van der Waals surface area contributed by atoms with Gasteiger partial charge in [-0.1, -0.05) is 25.4 Å². The molecule has 0 aliphatic heterocycles. The van der Waals surface area contributed by atoms with E-state index in [0.717, 1.165) is 12.1 Å². The van der Waals surface area contributed by atoms with Crippen LogP contribution in [0.15, 0.2) is 47.4 Å². The highest BCUT2D eigenvalue weighted by atomic mass is 35.5. The van der Waals surface area contributed by atoms with Gasteiger partial charge in [0.05, 0.1) is 21.2 Å². The lowest BCUT2D eigenvalue weighted by molar-refractivity contribution is -0.137. The van der Waals surface area contributed by atoms with Crippen molar-refractivity contribution in [1.82, 2.24) is 5.32 Å². The second kappa shape index (κ2) is 9.78. The highest BCUT2D eigenvalue weighted by Crippen LogP contribution is 2.34. The van der Waals surface area contributed by atoms with Crippen molar-refractivity contribution in [3.8, 4) is 5.75 Å². The summed E-state index contributed by atoms with van der Waals surface area (Å²) in [5.41, 5.74) is -1.43. The summed E-state index contributed by atoms with van der Waals surface area (Å²) in [4.78, 5) is 11.8. The van der Waals surface area contributed by atoms with Crippen LogP contribution in [0, 0.1) is 5.92 Å². The first-order valence-corrected chi connectivity index (χ1v) is 11.1. The fraction of sp³-hybridized carbons (Fsp3) is 0.350. The van der Waals surface area contributed by atoms with Crippen LogP contribution >= 0.6 is 11.6 Å². The van der Waals surface area contributed by atoms with Crippen molar-refractivity contribution in [2.75, 3.05) is 11.3 Å². The number of sulfonamides is 1. The number of anilines is 1. The van der Waals surface area contributed by atoms with Gasteiger partial charge in [0.1, 0.15) is 5.75 Å². The summed E-state index contributed by atoms with van der Waals surface area (Å²) in [6.45, 7) is 5.95. The van der Waals surface area contributed by atoms with Crippen molar-refractivity contribution in [2.45, 2.75) is 37.9 Å². The summed E-state index contributed by atoms with van der Waals surface area (Å²) < 4.78 is 71.3. The van der Waals surface area contributed by atoms with Gasteiger partial charge in [0.2, 0.25) is 0 Å². The summed E-state index contributed by atoms with van der Waals surface area (Å²) in [7, 11) is -4.21. The molecule has 170 valence electrons. The lowest BCUT2D eigenvalue weighted by Crippen LogP contribution is -2.38. The molecule has 0 unspecified atom stereocenters. The van der Waals surface area contributed by atoms with Gasteiger partial charge in [0.25, 0.3) is 15.9 Å². The van der Waals surface area contributed by atoms with E-state index in [1.54, 1.807) is 6.92 Å². The van der Waals surface area contributed by atoms with Crippen LogP contribution in [-0.4, -0.2) is 27.0 Å². The molecule has 2 N–H and O–H groups in total. The zero-order chi connectivity index (χ0) is 23.4. The minimum Gasteiger partial charge on any atom is -0.481 e. The smallest absolute Gasteiger partial charge is 0.416 e. The van der Waals surface area contributed by atoms with Gasteiger partial charge in [-0.15, -0.1) is 0 Å². The molecule has 0 aliphatic carbocycles. The number of carbonyl (C=O) groups excluding carboxylic acids is 1. The van der Waals surface area contributed by atoms with Gasteiger partial charge in [-0.3, -0.25) is 9.52 Å². The van der Waals surface area contributed by atoms with Crippen LogP contribution in [-0.2, 0) is 21.0 Å². The molecule has 0 aromatic heterocycles. The average molecular weight is 479 g/mol. The van der Waals surface area contributed by atoms with Crippen molar-refractivity contribution in [3.63, 3.8) is 0 Å². The molecule has 2 rings (SSSR count). The SMILES string of the molecule is CC(C)CNC(=O)[C@H](C)Oc1ccc(S(=O)(=O)Nc2cc(C(F)(F)F)ccc2Cl)cc1. The second-order valence-corrected chi connectivity index (χ2v) is 9.26. The van der Waals surface area contributed by atoms with E-state index < -0.39 is 33.6 Å². The Bertz CT molecular complexity index is 1030. The molecule has 0 bridgehead atoms. The monoisotopic (exact) mass is 478 g/mol. The zero-order valence-electron chi connectivity index (χ0n) is 17.0. The molecular formula is C20H22ClF3N2O4S. The first-order chi connectivity index (χ1) is 14.3. The molecule has 0 heterocycles. The maximum atomic E-state index is 12.9. The predicted octanol–water partition coefficient (Wildman–Crippen LogP) is 4.70. The third-order valence-corrected chi connectivity index (χ3v) is 5.75. The first-order valence-electron chi connectivity index (χ1n) is 9.23. The minimum absolute atomic E-state index is 0.183. The van der Waals surface area contributed by atoms with E-state index in [4.69, 9.17) is 16.3 Å². The molecule has 0 fully saturated rings. The Morgan fingerprint density at radius 1 is 1.10 bits per heavy atom. The lowest BCUT2D eigenvalue weighted by atomic mass is 10.2. The fourth-order valence-electron chi connectivity index (χ4n) is 2.39. The zero-order valence-corrected chi connectivity index (χ0v) is 18.5. The molecule has 1 amide bonds. The van der Waals surface area contributed by atoms with Gasteiger partial charge in [0.15, 0.2) is 6.10 Å². The Balaban J connectivity index is 2.12. The Labute approximate surface area is 183 Å². The van der Waals surface area contributed by atoms with E-state index in [1.165, 1.54) is 24.3 Å². The largest absolute Gasteiger partial charge is 0.481 e. The highest BCUT2D eigenvalue weighted by Gasteiger charge is 2.31. The maximum Gasteiger partial charge on any atom is 0.416 e. The van der Waals surface area contributed by atoms with Crippen molar-refractivity contribution in [1.29, 1.82) is 0 Å². The number of hydrogen-bond donors (Lipinski definition) is 2. The molecule has 1 atom stereocenters. The van der Waals surface area contributed by atoms with E-state index in [2.05, 4.69) is 10.0 Å². The summed E-state index contributed by atoms with van der Waals surface area (Å²) in [5.74, 6) is 0.216. The third kappa shape index (κ3) is 7.03. The number of ether oxygens (including phenoxy) is 1. The quantitative estimate of drug-likeness (QED) is 0.576. The van der Waals surface area contributed by atoms with Gasteiger partial charge in [-0.25, -0.2) is 8.42 Å². The normalized spacial score (nSPS) is 13.0. The van der Waals surface area contributed by atoms with Crippen molar-refractivity contribution >= 4 is 33.2 Å². The Morgan fingerprint density at radius 2 is 1.71 bits per heavy atom. The number of nitrogens with one attached hydrogen (secondary N) is 2. The van der Waals surface area contributed by atoms with Gasteiger partial charge in [0, 0.05) is 6.54 Å². The highest BCUT2D eigenvalue weighted by molar-refractivity contribution is 7.92. The van der Waals surface area contributed by atoms with E-state index in [9.17, 15) is 26.4 Å². The molecule has 0 aliphatic rings. The number of hydrogen-bond acceptors (Lipinski definition) is 4. The molecule has 2 aromatic rings. The number of rotatable bonds is 8. The molecule has 2 aromatic carbocycles. The van der Waals surface area contributed by atoms with Gasteiger partial charge < -0.3 is 10.1 Å². The summed E-state index contributed by atoms with van der Waals surface area (Å²) in [6.07, 6.45) is -5.45. The topological polar surface area (TPSA) is 84.5 Å². The summed E-state index contributed by atoms with van der Waals surface area (Å²) in [6, 6.07) is 7.43. The molecule has 0 radical (unpaired) electrons. The van der Waals surface area contributed by atoms with Gasteiger partial charge in [-0.05, 0) is 55.3 Å². The Morgan fingerprint density at radius 3 is 2.26 bits per heavy atom. The molecule has 0 saturated heterocycles. The molecule has 11 heteroatoms. The number of amides is 1. The van der Waals surface area contributed by atoms with E-state index >= 15 is 0 Å². The number of benzene rings is 2. The van der Waals surface area contributed by atoms with Crippen LogP contribution in [0.1, 0.15) is 26.3 Å². The minimum atomic E-state index is -4.65. The molecule has 31 heavy (non-hydrogen) atoms. The van der Waals surface area contributed by atoms with Crippen LogP contribution in [0.3, 0.4) is 0 Å². The predicted molar refractivity (Wildman–Crippen MR) is 112 cm³/mol. The van der Waals surface area contributed by atoms with Gasteiger partial charge >= 0.3 is 6.18 Å². The van der Waals surface area contributed by atoms with Gasteiger partial charge in [-0.2, -0.15) is 13.2 Å². The summed E-state index contributed by atoms with van der Waals surface area (Å²) >= 11 is 5.84. The lowest BCUT2D eigenvalue weighted by Gasteiger charge is -2.16.